The molecular weight excluding hydrogens is 450 g/mol. The molecule has 35 heavy (non-hydrogen) atoms. The van der Waals surface area contributed by atoms with Gasteiger partial charge in [-0.3, -0.25) is 4.79 Å². The summed E-state index contributed by atoms with van der Waals surface area (Å²) in [6, 6.07) is 16.5. The van der Waals surface area contributed by atoms with Gasteiger partial charge < -0.3 is 25.0 Å². The van der Waals surface area contributed by atoms with Crippen LogP contribution in [0.1, 0.15) is 53.6 Å². The summed E-state index contributed by atoms with van der Waals surface area (Å²) in [6.07, 6.45) is -0.0344. The first-order valence-corrected chi connectivity index (χ1v) is 11.5. The largest absolute Gasteiger partial charge is 0.476 e. The van der Waals surface area contributed by atoms with Crippen LogP contribution in [0.25, 0.3) is 11.1 Å². The molecule has 0 saturated carbocycles. The van der Waals surface area contributed by atoms with Gasteiger partial charge in [0.1, 0.15) is 12.6 Å². The Kier molecular flexibility index (Phi) is 7.14. The van der Waals surface area contributed by atoms with Crippen molar-refractivity contribution in [3.63, 3.8) is 0 Å². The lowest BCUT2D eigenvalue weighted by atomic mass is 9.98. The van der Waals surface area contributed by atoms with Crippen LogP contribution in [-0.2, 0) is 16.1 Å². The van der Waals surface area contributed by atoms with Gasteiger partial charge in [0.25, 0.3) is 0 Å². The first-order valence-electron chi connectivity index (χ1n) is 11.5. The molecule has 3 N–H and O–H groups in total. The van der Waals surface area contributed by atoms with E-state index in [1.54, 1.807) is 0 Å². The zero-order valence-electron chi connectivity index (χ0n) is 19.5. The number of nitrogens with zero attached hydrogens (tertiary/aromatic N) is 1. The standard InChI is InChI=1S/C26H27N3O6/c1-3-15(2)23(24(30)27-13-16-12-22(25(31)32)29-35-16)28-26(33)34-14-21-19-10-6-4-8-17(19)18-9-5-7-11-20(18)21/h4-12,15,21,23H,3,13-14H2,1-2H3,(H,27,30)(H,28,33)(H,31,32)/t15-,23-/m0/s1. The molecule has 1 aromatic heterocycles. The van der Waals surface area contributed by atoms with E-state index >= 15 is 0 Å². The van der Waals surface area contributed by atoms with Crippen molar-refractivity contribution in [2.75, 3.05) is 6.61 Å². The Hall–Kier alpha value is -4.14. The third-order valence-electron chi connectivity index (χ3n) is 6.33. The molecule has 4 rings (SSSR count). The monoisotopic (exact) mass is 477 g/mol. The topological polar surface area (TPSA) is 131 Å². The third-order valence-corrected chi connectivity index (χ3v) is 6.33. The Balaban J connectivity index is 1.38. The Labute approximate surface area is 202 Å². The number of carbonyl (C=O) groups is 3. The molecule has 182 valence electrons. The van der Waals surface area contributed by atoms with Crippen LogP contribution in [0.4, 0.5) is 4.79 Å². The predicted molar refractivity (Wildman–Crippen MR) is 127 cm³/mol. The molecule has 3 aromatic rings. The molecular formula is C26H27N3O6. The van der Waals surface area contributed by atoms with E-state index in [-0.39, 0.29) is 36.4 Å². The van der Waals surface area contributed by atoms with Crippen LogP contribution in [0.5, 0.6) is 0 Å². The lowest BCUT2D eigenvalue weighted by Gasteiger charge is -2.23. The number of amides is 2. The molecule has 0 aliphatic heterocycles. The van der Waals surface area contributed by atoms with Gasteiger partial charge in [0.15, 0.2) is 11.5 Å². The maximum absolute atomic E-state index is 12.8. The lowest BCUT2D eigenvalue weighted by Crippen LogP contribution is -2.50. The number of alkyl carbamates (subject to hydrolysis) is 1. The number of carbonyl (C=O) groups excluding carboxylic acids is 2. The van der Waals surface area contributed by atoms with Crippen molar-refractivity contribution in [3.05, 3.63) is 77.2 Å². The van der Waals surface area contributed by atoms with Crippen molar-refractivity contribution in [2.45, 2.75) is 38.8 Å². The average molecular weight is 478 g/mol. The normalized spacial score (nSPS) is 13.9. The zero-order valence-corrected chi connectivity index (χ0v) is 19.5. The van der Waals surface area contributed by atoms with E-state index < -0.39 is 24.0 Å². The number of aromatic carboxylic acids is 1. The molecule has 0 fully saturated rings. The number of carboxylic acids is 1. The third kappa shape index (κ3) is 5.18. The highest BCUT2D eigenvalue weighted by atomic mass is 16.5. The second-order valence-electron chi connectivity index (χ2n) is 8.53. The van der Waals surface area contributed by atoms with Gasteiger partial charge in [0.05, 0.1) is 6.54 Å². The van der Waals surface area contributed by atoms with Crippen LogP contribution < -0.4 is 10.6 Å². The summed E-state index contributed by atoms with van der Waals surface area (Å²) in [6.45, 7) is 3.86. The van der Waals surface area contributed by atoms with Crippen LogP contribution in [0, 0.1) is 5.92 Å². The van der Waals surface area contributed by atoms with Crippen molar-refractivity contribution in [3.8, 4) is 11.1 Å². The molecule has 2 aromatic carbocycles. The zero-order chi connectivity index (χ0) is 24.9. The molecule has 0 unspecified atom stereocenters. The molecule has 9 nitrogen and oxygen atoms in total. The Bertz CT molecular complexity index is 1190. The van der Waals surface area contributed by atoms with Gasteiger partial charge in [-0.05, 0) is 28.2 Å². The summed E-state index contributed by atoms with van der Waals surface area (Å²) in [7, 11) is 0. The summed E-state index contributed by atoms with van der Waals surface area (Å²) in [4.78, 5) is 36.5. The van der Waals surface area contributed by atoms with E-state index in [0.29, 0.717) is 6.42 Å². The quantitative estimate of drug-likeness (QED) is 0.425. The number of hydrogen-bond donors (Lipinski definition) is 3. The van der Waals surface area contributed by atoms with Gasteiger partial charge in [0.2, 0.25) is 5.91 Å². The molecule has 1 aliphatic carbocycles. The fourth-order valence-corrected chi connectivity index (χ4v) is 4.25. The SMILES string of the molecule is CC[C@H](C)[C@H](NC(=O)OCC1c2ccccc2-c2ccccc21)C(=O)NCc1cc(C(=O)O)no1. The first kappa shape index (κ1) is 24.0. The van der Waals surface area contributed by atoms with Crippen molar-refractivity contribution in [2.24, 2.45) is 5.92 Å². The number of hydrogen-bond acceptors (Lipinski definition) is 6. The maximum atomic E-state index is 12.8. The van der Waals surface area contributed by atoms with Gasteiger partial charge in [-0.1, -0.05) is 74.0 Å². The van der Waals surface area contributed by atoms with Gasteiger partial charge in [-0.15, -0.1) is 0 Å². The number of nitrogens with one attached hydrogen (secondary N) is 2. The second-order valence-corrected chi connectivity index (χ2v) is 8.53. The molecule has 0 spiro atoms. The van der Waals surface area contributed by atoms with Crippen LogP contribution in [-0.4, -0.2) is 40.9 Å². The fraction of sp³-hybridized carbons (Fsp3) is 0.308. The van der Waals surface area contributed by atoms with Crippen molar-refractivity contribution >= 4 is 18.0 Å². The highest BCUT2D eigenvalue weighted by Crippen LogP contribution is 2.44. The van der Waals surface area contributed by atoms with Gasteiger partial charge in [0, 0.05) is 12.0 Å². The molecule has 2 atom stereocenters. The number of carboxylic acid groups (broad SMARTS) is 1. The Morgan fingerprint density at radius 2 is 1.71 bits per heavy atom. The number of benzene rings is 2. The summed E-state index contributed by atoms with van der Waals surface area (Å²) in [5, 5.41) is 17.7. The number of rotatable bonds is 9. The van der Waals surface area contributed by atoms with Crippen molar-refractivity contribution in [1.29, 1.82) is 0 Å². The van der Waals surface area contributed by atoms with Crippen LogP contribution >= 0.6 is 0 Å². The summed E-state index contributed by atoms with van der Waals surface area (Å²) in [5.41, 5.74) is 4.22. The van der Waals surface area contributed by atoms with Gasteiger partial charge in [-0.2, -0.15) is 0 Å². The van der Waals surface area contributed by atoms with E-state index in [9.17, 15) is 14.4 Å². The summed E-state index contributed by atoms with van der Waals surface area (Å²) >= 11 is 0. The van der Waals surface area contributed by atoms with Crippen molar-refractivity contribution in [1.82, 2.24) is 15.8 Å². The number of aromatic nitrogens is 1. The number of fused-ring (bicyclic) bond motifs is 3. The van der Waals surface area contributed by atoms with Crippen LogP contribution in [0.15, 0.2) is 59.1 Å². The van der Waals surface area contributed by atoms with E-state index in [1.165, 1.54) is 6.07 Å². The predicted octanol–water partition coefficient (Wildman–Crippen LogP) is 3.94. The molecule has 9 heteroatoms. The minimum atomic E-state index is -1.22. The fourth-order valence-electron chi connectivity index (χ4n) is 4.25. The van der Waals surface area contributed by atoms with E-state index in [2.05, 4.69) is 27.9 Å². The molecule has 0 bridgehead atoms. The van der Waals surface area contributed by atoms with Crippen LogP contribution in [0.3, 0.4) is 0 Å². The number of ether oxygens (including phenoxy) is 1. The first-order chi connectivity index (χ1) is 16.9. The minimum Gasteiger partial charge on any atom is -0.476 e. The summed E-state index contributed by atoms with van der Waals surface area (Å²) < 4.78 is 10.5. The molecule has 2 amide bonds. The molecule has 0 radical (unpaired) electrons. The van der Waals surface area contributed by atoms with Crippen molar-refractivity contribution < 1.29 is 28.8 Å². The summed E-state index contributed by atoms with van der Waals surface area (Å²) in [5.74, 6) is -1.71. The molecule has 0 saturated heterocycles. The Morgan fingerprint density at radius 3 is 2.29 bits per heavy atom. The highest BCUT2D eigenvalue weighted by molar-refractivity contribution is 5.86. The highest BCUT2D eigenvalue weighted by Gasteiger charge is 2.31. The van der Waals surface area contributed by atoms with Gasteiger partial charge >= 0.3 is 12.1 Å². The lowest BCUT2D eigenvalue weighted by molar-refractivity contribution is -0.124. The van der Waals surface area contributed by atoms with E-state index in [1.807, 2.05) is 50.2 Å². The second kappa shape index (κ2) is 10.4. The Morgan fingerprint density at radius 1 is 1.09 bits per heavy atom. The van der Waals surface area contributed by atoms with E-state index in [0.717, 1.165) is 22.3 Å². The van der Waals surface area contributed by atoms with E-state index in [4.69, 9.17) is 14.4 Å². The minimum absolute atomic E-state index is 0.0571. The molecule has 1 heterocycles. The average Bonchev–Trinajstić information content (AvgIpc) is 3.47. The van der Waals surface area contributed by atoms with Gasteiger partial charge in [-0.25, -0.2) is 9.59 Å². The van der Waals surface area contributed by atoms with Crippen LogP contribution in [0.2, 0.25) is 0 Å². The maximum Gasteiger partial charge on any atom is 0.407 e. The smallest absolute Gasteiger partial charge is 0.407 e. The molecule has 1 aliphatic rings.